The summed E-state index contributed by atoms with van der Waals surface area (Å²) in [5, 5.41) is 0. The van der Waals surface area contributed by atoms with Gasteiger partial charge in [0.15, 0.2) is 0 Å². The van der Waals surface area contributed by atoms with Gasteiger partial charge in [0, 0.05) is 11.1 Å². The van der Waals surface area contributed by atoms with Crippen LogP contribution in [0.25, 0.3) is 0 Å². The van der Waals surface area contributed by atoms with Crippen LogP contribution in [0.4, 0.5) is 0 Å². The van der Waals surface area contributed by atoms with Crippen molar-refractivity contribution in [3.05, 3.63) is 101 Å². The fourth-order valence-electron chi connectivity index (χ4n) is 8.08. The van der Waals surface area contributed by atoms with E-state index in [9.17, 15) is 0 Å². The van der Waals surface area contributed by atoms with Crippen LogP contribution in [0.1, 0.15) is 131 Å². The highest BCUT2D eigenvalue weighted by molar-refractivity contribution is 5.44. The summed E-state index contributed by atoms with van der Waals surface area (Å²) in [6.07, 6.45) is 19.9. The molecule has 0 aromatic heterocycles. The Morgan fingerprint density at radius 3 is 1.60 bits per heavy atom. The minimum absolute atomic E-state index is 0.787. The Hall–Kier alpha value is -2.98. The Balaban J connectivity index is 0.000000179. The number of rotatable bonds is 6. The summed E-state index contributed by atoms with van der Waals surface area (Å²) in [5.74, 6) is 13.2. The summed E-state index contributed by atoms with van der Waals surface area (Å²) in [6, 6.07) is 26.0. The molecule has 0 N–H and O–H groups in total. The topological polar surface area (TPSA) is 9.23 Å². The van der Waals surface area contributed by atoms with Crippen LogP contribution in [-0.2, 0) is 6.42 Å². The zero-order chi connectivity index (χ0) is 31.4. The lowest BCUT2D eigenvalue weighted by Crippen LogP contribution is -2.24. The summed E-state index contributed by atoms with van der Waals surface area (Å²) in [4.78, 5) is 0. The van der Waals surface area contributed by atoms with Gasteiger partial charge in [-0.3, -0.25) is 0 Å². The molecule has 3 aromatic rings. The van der Waals surface area contributed by atoms with Crippen molar-refractivity contribution in [3.8, 4) is 17.6 Å². The van der Waals surface area contributed by atoms with Gasteiger partial charge in [0.2, 0.25) is 0 Å². The third kappa shape index (κ3) is 10.5. The third-order valence-corrected chi connectivity index (χ3v) is 11.4. The molecule has 0 unspecified atom stereocenters. The number of hydrogen-bond acceptors (Lipinski definition) is 1. The van der Waals surface area contributed by atoms with Crippen molar-refractivity contribution in [1.82, 2.24) is 0 Å². The fourth-order valence-corrected chi connectivity index (χ4v) is 8.08. The van der Waals surface area contributed by atoms with E-state index in [1.54, 1.807) is 7.11 Å². The molecule has 6 rings (SSSR count). The molecule has 3 fully saturated rings. The van der Waals surface area contributed by atoms with Crippen molar-refractivity contribution in [2.45, 2.75) is 117 Å². The second-order valence-corrected chi connectivity index (χ2v) is 14.9. The van der Waals surface area contributed by atoms with Gasteiger partial charge in [0.25, 0.3) is 0 Å². The van der Waals surface area contributed by atoms with Crippen molar-refractivity contribution >= 4 is 0 Å². The molecular formula is C44H58O. The van der Waals surface area contributed by atoms with E-state index < -0.39 is 0 Å². The van der Waals surface area contributed by atoms with Crippen LogP contribution in [0.3, 0.4) is 0 Å². The molecule has 0 spiro atoms. The first kappa shape index (κ1) is 33.4. The van der Waals surface area contributed by atoms with Crippen LogP contribution in [0, 0.1) is 48.4 Å². The molecule has 3 aliphatic carbocycles. The monoisotopic (exact) mass is 602 g/mol. The lowest BCUT2D eigenvalue weighted by molar-refractivity contribution is 0.165. The Labute approximate surface area is 275 Å². The van der Waals surface area contributed by atoms with Crippen molar-refractivity contribution < 1.29 is 4.74 Å². The van der Waals surface area contributed by atoms with Gasteiger partial charge in [-0.15, -0.1) is 0 Å². The lowest BCUT2D eigenvalue weighted by Gasteiger charge is -2.37. The van der Waals surface area contributed by atoms with Gasteiger partial charge in [-0.1, -0.05) is 106 Å². The van der Waals surface area contributed by atoms with E-state index in [0.717, 1.165) is 52.4 Å². The zero-order valence-corrected chi connectivity index (χ0v) is 28.7. The SMILES string of the molecule is COc1ccc(C2CCC(C3CCC(C)CC3)CC2)cc1.Cc1ccc(C#Cc2ccc(CCC3CCC(C)CC3)cc2)cc1. The fraction of sp³-hybridized carbons (Fsp3) is 0.545. The van der Waals surface area contributed by atoms with E-state index in [2.05, 4.69) is 105 Å². The third-order valence-electron chi connectivity index (χ3n) is 11.4. The van der Waals surface area contributed by atoms with Gasteiger partial charge in [-0.05, 0) is 141 Å². The van der Waals surface area contributed by atoms with Crippen molar-refractivity contribution in [2.75, 3.05) is 7.11 Å². The van der Waals surface area contributed by atoms with Gasteiger partial charge >= 0.3 is 0 Å². The highest BCUT2D eigenvalue weighted by atomic mass is 16.5. The molecule has 0 atom stereocenters. The molecular weight excluding hydrogens is 544 g/mol. The van der Waals surface area contributed by atoms with E-state index in [-0.39, 0.29) is 0 Å². The van der Waals surface area contributed by atoms with Crippen LogP contribution >= 0.6 is 0 Å². The minimum Gasteiger partial charge on any atom is -0.497 e. The summed E-state index contributed by atoms with van der Waals surface area (Å²) < 4.78 is 5.26. The van der Waals surface area contributed by atoms with Crippen molar-refractivity contribution in [3.63, 3.8) is 0 Å². The minimum atomic E-state index is 0.787. The van der Waals surface area contributed by atoms with Gasteiger partial charge in [0.1, 0.15) is 5.75 Å². The molecule has 1 heteroatoms. The summed E-state index contributed by atoms with van der Waals surface area (Å²) in [7, 11) is 1.74. The molecule has 0 amide bonds. The predicted octanol–water partition coefficient (Wildman–Crippen LogP) is 11.9. The number of aryl methyl sites for hydroxylation is 2. The van der Waals surface area contributed by atoms with Gasteiger partial charge in [0.05, 0.1) is 7.11 Å². The van der Waals surface area contributed by atoms with Crippen molar-refractivity contribution in [2.24, 2.45) is 29.6 Å². The summed E-state index contributed by atoms with van der Waals surface area (Å²) in [6.45, 7) is 6.92. The first-order chi connectivity index (χ1) is 21.9. The first-order valence-corrected chi connectivity index (χ1v) is 18.3. The molecule has 0 aliphatic heterocycles. The second-order valence-electron chi connectivity index (χ2n) is 14.9. The quantitative estimate of drug-likeness (QED) is 0.255. The Bertz CT molecular complexity index is 1320. The maximum absolute atomic E-state index is 5.26. The smallest absolute Gasteiger partial charge is 0.118 e. The largest absolute Gasteiger partial charge is 0.497 e. The van der Waals surface area contributed by atoms with E-state index >= 15 is 0 Å². The van der Waals surface area contributed by atoms with Crippen LogP contribution in [0.15, 0.2) is 72.8 Å². The summed E-state index contributed by atoms with van der Waals surface area (Å²) >= 11 is 0. The standard InChI is InChI=1S/C24H28.C20H30O/c1-19-3-7-21(8-4-19)11-13-23-15-17-24(18-16-23)14-12-22-9-5-20(2)6-10-22;1-15-3-5-16(6-4-15)17-7-9-18(10-8-17)19-11-13-20(21-2)14-12-19/h3-4,7-8,15-18,20,22H,5-6,9-10,12,14H2,1-2H3;11-18H,3-10H2,1-2H3. The molecule has 240 valence electrons. The number of benzene rings is 3. The van der Waals surface area contributed by atoms with E-state index in [1.807, 2.05) is 0 Å². The second kappa shape index (κ2) is 17.1. The highest BCUT2D eigenvalue weighted by Crippen LogP contribution is 2.44. The van der Waals surface area contributed by atoms with Crippen LogP contribution in [0.5, 0.6) is 5.75 Å². The molecule has 3 aliphatic rings. The maximum Gasteiger partial charge on any atom is 0.118 e. The first-order valence-electron chi connectivity index (χ1n) is 18.3. The van der Waals surface area contributed by atoms with E-state index in [0.29, 0.717) is 0 Å². The summed E-state index contributed by atoms with van der Waals surface area (Å²) in [5.41, 5.74) is 6.43. The molecule has 0 bridgehead atoms. The average Bonchev–Trinajstić information content (AvgIpc) is 3.09. The number of ether oxygens (including phenoxy) is 1. The van der Waals surface area contributed by atoms with Gasteiger partial charge < -0.3 is 4.74 Å². The van der Waals surface area contributed by atoms with Crippen LogP contribution in [0.2, 0.25) is 0 Å². The van der Waals surface area contributed by atoms with Crippen molar-refractivity contribution in [1.29, 1.82) is 0 Å². The average molecular weight is 603 g/mol. The molecule has 3 saturated carbocycles. The Morgan fingerprint density at radius 1 is 0.578 bits per heavy atom. The lowest BCUT2D eigenvalue weighted by atomic mass is 9.68. The predicted molar refractivity (Wildman–Crippen MR) is 192 cm³/mol. The van der Waals surface area contributed by atoms with E-state index in [1.165, 1.54) is 107 Å². The molecule has 0 saturated heterocycles. The molecule has 45 heavy (non-hydrogen) atoms. The molecule has 1 nitrogen and oxygen atoms in total. The maximum atomic E-state index is 5.26. The zero-order valence-electron chi connectivity index (χ0n) is 28.7. The molecule has 3 aromatic carbocycles. The highest BCUT2D eigenvalue weighted by Gasteiger charge is 2.30. The Morgan fingerprint density at radius 2 is 1.07 bits per heavy atom. The van der Waals surface area contributed by atoms with Gasteiger partial charge in [-0.2, -0.15) is 0 Å². The van der Waals surface area contributed by atoms with E-state index in [4.69, 9.17) is 4.74 Å². The Kier molecular flexibility index (Phi) is 12.7. The van der Waals surface area contributed by atoms with Crippen LogP contribution < -0.4 is 4.74 Å². The normalized spacial score (nSPS) is 26.5. The van der Waals surface area contributed by atoms with Gasteiger partial charge in [-0.25, -0.2) is 0 Å². The molecule has 0 radical (unpaired) electrons. The van der Waals surface area contributed by atoms with Crippen LogP contribution in [-0.4, -0.2) is 7.11 Å². The molecule has 0 heterocycles. The number of hydrogen-bond donors (Lipinski definition) is 0. The number of methoxy groups -OCH3 is 1.